The number of carbonyl (C=O) groups excluding carboxylic acids is 1. The van der Waals surface area contributed by atoms with E-state index in [1.165, 1.54) is 10.9 Å². The van der Waals surface area contributed by atoms with Crippen molar-refractivity contribution >= 4 is 33.4 Å². The smallest absolute Gasteiger partial charge is 0.251 e. The maximum absolute atomic E-state index is 11.2. The van der Waals surface area contributed by atoms with Crippen LogP contribution < -0.4 is 11.1 Å². The van der Waals surface area contributed by atoms with Crippen molar-refractivity contribution in [1.82, 2.24) is 19.7 Å². The van der Waals surface area contributed by atoms with E-state index in [0.717, 1.165) is 15.1 Å². The molecule has 0 saturated carbocycles. The number of amides is 1. The van der Waals surface area contributed by atoms with Gasteiger partial charge in [-0.25, -0.2) is 9.67 Å². The van der Waals surface area contributed by atoms with E-state index in [1.807, 2.05) is 13.0 Å². The molecule has 3 aromatic heterocycles. The van der Waals surface area contributed by atoms with Crippen LogP contribution in [-0.2, 0) is 0 Å². The number of nitrogens with zero attached hydrogens (tertiary/aromatic N) is 4. The summed E-state index contributed by atoms with van der Waals surface area (Å²) in [5.41, 5.74) is 5.59. The van der Waals surface area contributed by atoms with Crippen LogP contribution in [-0.4, -0.2) is 32.7 Å². The third-order valence-corrected chi connectivity index (χ3v) is 3.75. The van der Waals surface area contributed by atoms with Crippen LogP contribution in [0.25, 0.3) is 16.0 Å². The second-order valence-electron chi connectivity index (χ2n) is 4.23. The maximum atomic E-state index is 11.2. The molecule has 8 heteroatoms. The van der Waals surface area contributed by atoms with Crippen molar-refractivity contribution in [2.45, 2.75) is 6.92 Å². The van der Waals surface area contributed by atoms with Crippen molar-refractivity contribution < 1.29 is 4.79 Å². The summed E-state index contributed by atoms with van der Waals surface area (Å²) in [7, 11) is 1.75. The van der Waals surface area contributed by atoms with Gasteiger partial charge in [0.1, 0.15) is 4.83 Å². The minimum Gasteiger partial charge on any atom is -0.366 e. The van der Waals surface area contributed by atoms with E-state index in [0.29, 0.717) is 17.3 Å². The highest BCUT2D eigenvalue weighted by Crippen LogP contribution is 2.28. The van der Waals surface area contributed by atoms with Crippen LogP contribution >= 0.6 is 11.3 Å². The number of aryl methyl sites for hydroxylation is 1. The second kappa shape index (κ2) is 4.57. The van der Waals surface area contributed by atoms with Gasteiger partial charge in [-0.05, 0) is 13.0 Å². The van der Waals surface area contributed by atoms with Crippen LogP contribution in [0.15, 0.2) is 18.5 Å². The molecule has 3 heterocycles. The van der Waals surface area contributed by atoms with Crippen molar-refractivity contribution in [3.05, 3.63) is 28.9 Å². The number of anilines is 1. The van der Waals surface area contributed by atoms with Crippen molar-refractivity contribution in [2.24, 2.45) is 5.73 Å². The molecule has 0 radical (unpaired) electrons. The second-order valence-corrected chi connectivity index (χ2v) is 5.47. The lowest BCUT2D eigenvalue weighted by Crippen LogP contribution is -2.09. The monoisotopic (exact) mass is 288 g/mol. The third-order valence-electron chi connectivity index (χ3n) is 2.80. The maximum Gasteiger partial charge on any atom is 0.251 e. The summed E-state index contributed by atoms with van der Waals surface area (Å²) >= 11 is 1.58. The van der Waals surface area contributed by atoms with Crippen molar-refractivity contribution in [3.8, 4) is 5.82 Å². The number of thiophene rings is 1. The van der Waals surface area contributed by atoms with Crippen LogP contribution in [0.3, 0.4) is 0 Å². The first kappa shape index (κ1) is 12.5. The molecular formula is C12H12N6OS. The SMILES string of the molecule is CNc1nc(-n2cc(C(N)=O)cn2)c2cc(C)sc2n1. The van der Waals surface area contributed by atoms with Crippen molar-refractivity contribution in [2.75, 3.05) is 12.4 Å². The van der Waals surface area contributed by atoms with Gasteiger partial charge >= 0.3 is 0 Å². The van der Waals surface area contributed by atoms with E-state index in [2.05, 4.69) is 20.4 Å². The third kappa shape index (κ3) is 1.99. The Kier molecular flexibility index (Phi) is 2.87. The summed E-state index contributed by atoms with van der Waals surface area (Å²) in [5, 5.41) is 7.96. The van der Waals surface area contributed by atoms with Crippen LogP contribution in [0.2, 0.25) is 0 Å². The molecule has 3 aromatic rings. The molecular weight excluding hydrogens is 276 g/mol. The molecule has 0 aliphatic rings. The molecule has 20 heavy (non-hydrogen) atoms. The molecule has 3 N–H and O–H groups in total. The number of rotatable bonds is 3. The Hall–Kier alpha value is -2.48. The van der Waals surface area contributed by atoms with Crippen LogP contribution in [0.5, 0.6) is 0 Å². The van der Waals surface area contributed by atoms with Gasteiger partial charge in [0.05, 0.1) is 17.1 Å². The largest absolute Gasteiger partial charge is 0.366 e. The molecule has 0 fully saturated rings. The fraction of sp³-hybridized carbons (Fsp3) is 0.167. The molecule has 0 atom stereocenters. The topological polar surface area (TPSA) is 98.7 Å². The summed E-state index contributed by atoms with van der Waals surface area (Å²) in [5.74, 6) is 0.610. The average Bonchev–Trinajstić information content (AvgIpc) is 3.02. The number of carbonyl (C=O) groups is 1. The number of aromatic nitrogens is 4. The predicted molar refractivity (Wildman–Crippen MR) is 77.3 cm³/mol. The lowest BCUT2D eigenvalue weighted by molar-refractivity contribution is 0.100. The molecule has 0 aliphatic carbocycles. The van der Waals surface area contributed by atoms with E-state index < -0.39 is 5.91 Å². The van der Waals surface area contributed by atoms with Gasteiger partial charge in [0.2, 0.25) is 5.95 Å². The van der Waals surface area contributed by atoms with Gasteiger partial charge in [0.25, 0.3) is 5.91 Å². The Morgan fingerprint density at radius 2 is 2.25 bits per heavy atom. The number of fused-ring (bicyclic) bond motifs is 1. The highest BCUT2D eigenvalue weighted by molar-refractivity contribution is 7.18. The van der Waals surface area contributed by atoms with Gasteiger partial charge in [-0.15, -0.1) is 11.3 Å². The van der Waals surface area contributed by atoms with Gasteiger partial charge in [-0.3, -0.25) is 4.79 Å². The van der Waals surface area contributed by atoms with Crippen molar-refractivity contribution in [1.29, 1.82) is 0 Å². The molecule has 0 aromatic carbocycles. The van der Waals surface area contributed by atoms with E-state index in [4.69, 9.17) is 5.73 Å². The molecule has 102 valence electrons. The van der Waals surface area contributed by atoms with Crippen LogP contribution in [0.4, 0.5) is 5.95 Å². The molecule has 0 bridgehead atoms. The molecule has 0 unspecified atom stereocenters. The van der Waals surface area contributed by atoms with Gasteiger partial charge in [0.15, 0.2) is 5.82 Å². The highest BCUT2D eigenvalue weighted by atomic mass is 32.1. The molecule has 0 spiro atoms. The Balaban J connectivity index is 2.24. The lowest BCUT2D eigenvalue weighted by Gasteiger charge is -2.05. The summed E-state index contributed by atoms with van der Waals surface area (Å²) in [6.07, 6.45) is 2.99. The average molecular weight is 288 g/mol. The summed E-state index contributed by atoms with van der Waals surface area (Å²) in [6.45, 7) is 2.01. The predicted octanol–water partition coefficient (Wildman–Crippen LogP) is 1.33. The zero-order chi connectivity index (χ0) is 14.3. The van der Waals surface area contributed by atoms with Gasteiger partial charge in [0, 0.05) is 18.1 Å². The number of hydrogen-bond donors (Lipinski definition) is 2. The number of nitrogens with two attached hydrogens (primary N) is 1. The standard InChI is InChI=1S/C12H12N6OS/c1-6-3-8-10(16-12(14-2)17-11(8)20-6)18-5-7(4-15-18)9(13)19/h3-5H,1-2H3,(H2,13,19)(H,14,16,17). The Morgan fingerprint density at radius 3 is 2.90 bits per heavy atom. The zero-order valence-corrected chi connectivity index (χ0v) is 11.7. The van der Waals surface area contributed by atoms with Gasteiger partial charge in [-0.1, -0.05) is 0 Å². The minimum absolute atomic E-state index is 0.342. The summed E-state index contributed by atoms with van der Waals surface area (Å²) in [6, 6.07) is 2.00. The number of nitrogens with one attached hydrogen (secondary N) is 1. The van der Waals surface area contributed by atoms with Gasteiger partial charge in [-0.2, -0.15) is 10.1 Å². The molecule has 3 rings (SSSR count). The van der Waals surface area contributed by atoms with E-state index in [-0.39, 0.29) is 0 Å². The first-order chi connectivity index (χ1) is 9.58. The fourth-order valence-corrected chi connectivity index (χ4v) is 2.75. The minimum atomic E-state index is -0.517. The van der Waals surface area contributed by atoms with Crippen molar-refractivity contribution in [3.63, 3.8) is 0 Å². The van der Waals surface area contributed by atoms with Gasteiger partial charge < -0.3 is 11.1 Å². The fourth-order valence-electron chi connectivity index (χ4n) is 1.88. The molecule has 0 saturated heterocycles. The summed E-state index contributed by atoms with van der Waals surface area (Å²) < 4.78 is 1.54. The highest BCUT2D eigenvalue weighted by Gasteiger charge is 2.14. The van der Waals surface area contributed by atoms with Crippen LogP contribution in [0.1, 0.15) is 15.2 Å². The Labute approximate surface area is 118 Å². The zero-order valence-electron chi connectivity index (χ0n) is 10.9. The molecule has 7 nitrogen and oxygen atoms in total. The Bertz CT molecular complexity index is 805. The first-order valence-corrected chi connectivity index (χ1v) is 6.71. The number of primary amides is 1. The number of hydrogen-bond acceptors (Lipinski definition) is 6. The normalized spacial score (nSPS) is 10.9. The van der Waals surface area contributed by atoms with E-state index in [1.54, 1.807) is 24.6 Å². The Morgan fingerprint density at radius 1 is 1.45 bits per heavy atom. The van der Waals surface area contributed by atoms with E-state index >= 15 is 0 Å². The lowest BCUT2D eigenvalue weighted by atomic mass is 10.3. The van der Waals surface area contributed by atoms with E-state index in [9.17, 15) is 4.79 Å². The quantitative estimate of drug-likeness (QED) is 0.757. The molecule has 0 aliphatic heterocycles. The molecule has 1 amide bonds. The first-order valence-electron chi connectivity index (χ1n) is 5.89. The van der Waals surface area contributed by atoms with Crippen LogP contribution in [0, 0.1) is 6.92 Å². The summed E-state index contributed by atoms with van der Waals surface area (Å²) in [4.78, 5) is 22.0.